The van der Waals surface area contributed by atoms with Crippen molar-refractivity contribution in [1.29, 1.82) is 5.41 Å². The van der Waals surface area contributed by atoms with Gasteiger partial charge in [-0.2, -0.15) is 10.2 Å². The van der Waals surface area contributed by atoms with Crippen molar-refractivity contribution in [3.63, 3.8) is 0 Å². The number of hydrogen-bond donors (Lipinski definition) is 4. The highest BCUT2D eigenvalue weighted by Gasteiger charge is 2.09. The zero-order chi connectivity index (χ0) is 10.0. The van der Waals surface area contributed by atoms with Crippen LogP contribution >= 0.6 is 12.4 Å². The number of rotatable bonds is 3. The van der Waals surface area contributed by atoms with Gasteiger partial charge in [-0.25, -0.2) is 5.21 Å². The summed E-state index contributed by atoms with van der Waals surface area (Å²) < 4.78 is 1.52. The summed E-state index contributed by atoms with van der Waals surface area (Å²) in [7, 11) is 0. The molecule has 14 heavy (non-hydrogen) atoms. The zero-order valence-electron chi connectivity index (χ0n) is 7.52. The molecule has 0 fully saturated rings. The number of nitrogens with two attached hydrogens (primary N) is 1. The molecule has 0 aliphatic rings. The molecule has 1 rings (SSSR count). The SMILES string of the molecule is Cc1nc([NH+]([O-])O)cn1CC(=N)N.Cl. The van der Waals surface area contributed by atoms with Crippen LogP contribution < -0.4 is 11.0 Å². The van der Waals surface area contributed by atoms with Gasteiger partial charge in [0.25, 0.3) is 5.82 Å². The van der Waals surface area contributed by atoms with Gasteiger partial charge in [-0.05, 0) is 6.92 Å². The molecule has 0 saturated heterocycles. The highest BCUT2D eigenvalue weighted by molar-refractivity contribution is 5.85. The second-order valence-corrected chi connectivity index (χ2v) is 2.63. The number of amidine groups is 1. The molecule has 1 aromatic rings. The van der Waals surface area contributed by atoms with E-state index in [2.05, 4.69) is 4.98 Å². The molecule has 0 aliphatic carbocycles. The molecule has 80 valence electrons. The van der Waals surface area contributed by atoms with Gasteiger partial charge in [-0.1, -0.05) is 0 Å². The molecular weight excluding hydrogens is 210 g/mol. The number of nitrogens with one attached hydrogen (secondary N) is 2. The Morgan fingerprint density at radius 3 is 2.79 bits per heavy atom. The first-order valence-electron chi connectivity index (χ1n) is 3.60. The van der Waals surface area contributed by atoms with E-state index in [-0.39, 0.29) is 30.6 Å². The summed E-state index contributed by atoms with van der Waals surface area (Å²) in [4.78, 5) is 3.77. The monoisotopic (exact) mass is 221 g/mol. The standard InChI is InChI=1S/C6H11N5O2.ClH/c1-4-9-6(11(12)13)3-10(4)2-5(7)8;/h3,11-12H,2H2,1H3,(H3,7,8);1H. The van der Waals surface area contributed by atoms with E-state index in [0.717, 1.165) is 0 Å². The molecular formula is C6H12ClN5O2. The van der Waals surface area contributed by atoms with E-state index in [1.54, 1.807) is 6.92 Å². The Morgan fingerprint density at radius 1 is 1.86 bits per heavy atom. The van der Waals surface area contributed by atoms with Crippen molar-refractivity contribution < 1.29 is 10.4 Å². The molecule has 5 N–H and O–H groups in total. The second kappa shape index (κ2) is 4.91. The number of halogens is 1. The third kappa shape index (κ3) is 2.96. The lowest BCUT2D eigenvalue weighted by molar-refractivity contribution is -0.993. The van der Waals surface area contributed by atoms with Gasteiger partial charge >= 0.3 is 0 Å². The topological polar surface area (TPSA) is 115 Å². The molecule has 0 radical (unpaired) electrons. The molecule has 1 heterocycles. The normalized spacial score (nSPS) is 11.9. The average molecular weight is 222 g/mol. The highest BCUT2D eigenvalue weighted by Crippen LogP contribution is 2.02. The maximum Gasteiger partial charge on any atom is 0.277 e. The second-order valence-electron chi connectivity index (χ2n) is 2.63. The minimum atomic E-state index is -1.08. The van der Waals surface area contributed by atoms with E-state index >= 15 is 0 Å². The molecule has 0 aromatic carbocycles. The fourth-order valence-corrected chi connectivity index (χ4v) is 0.955. The van der Waals surface area contributed by atoms with Crippen molar-refractivity contribution in [2.75, 3.05) is 0 Å². The van der Waals surface area contributed by atoms with Gasteiger partial charge in [0, 0.05) is 0 Å². The Labute approximate surface area is 86.6 Å². The Hall–Kier alpha value is -1.15. The number of aromatic nitrogens is 2. The Balaban J connectivity index is 0.00000169. The first-order valence-corrected chi connectivity index (χ1v) is 3.60. The minimum absolute atomic E-state index is 0. The number of quaternary nitrogens is 1. The fourth-order valence-electron chi connectivity index (χ4n) is 0.955. The van der Waals surface area contributed by atoms with Gasteiger partial charge in [0.2, 0.25) is 0 Å². The van der Waals surface area contributed by atoms with Gasteiger partial charge in [0.15, 0.2) is 0 Å². The summed E-state index contributed by atoms with van der Waals surface area (Å²) in [6.45, 7) is 1.83. The number of aryl methyl sites for hydroxylation is 1. The summed E-state index contributed by atoms with van der Waals surface area (Å²) >= 11 is 0. The molecule has 0 spiro atoms. The van der Waals surface area contributed by atoms with Crippen LogP contribution in [0, 0.1) is 17.5 Å². The lowest BCUT2D eigenvalue weighted by Gasteiger charge is -2.06. The Bertz CT molecular complexity index is 324. The van der Waals surface area contributed by atoms with Crippen LogP contribution in [0.25, 0.3) is 0 Å². The largest absolute Gasteiger partial charge is 0.594 e. The third-order valence-corrected chi connectivity index (χ3v) is 1.54. The number of nitrogens with zero attached hydrogens (tertiary/aromatic N) is 2. The zero-order valence-corrected chi connectivity index (χ0v) is 8.34. The van der Waals surface area contributed by atoms with Crippen molar-refractivity contribution in [2.24, 2.45) is 5.73 Å². The quantitative estimate of drug-likeness (QED) is 0.296. The van der Waals surface area contributed by atoms with Gasteiger partial charge in [-0.15, -0.1) is 12.4 Å². The van der Waals surface area contributed by atoms with Crippen molar-refractivity contribution in [2.45, 2.75) is 13.5 Å². The maximum absolute atomic E-state index is 10.5. The van der Waals surface area contributed by atoms with Crippen LogP contribution in [-0.2, 0) is 6.54 Å². The third-order valence-electron chi connectivity index (χ3n) is 1.54. The average Bonchev–Trinajstić information content (AvgIpc) is 2.31. The molecule has 1 aromatic heterocycles. The molecule has 1 unspecified atom stereocenters. The molecule has 0 aliphatic heterocycles. The van der Waals surface area contributed by atoms with Crippen molar-refractivity contribution in [3.05, 3.63) is 17.2 Å². The van der Waals surface area contributed by atoms with Crippen LogP contribution in [0.3, 0.4) is 0 Å². The van der Waals surface area contributed by atoms with Crippen LogP contribution in [0.15, 0.2) is 6.20 Å². The van der Waals surface area contributed by atoms with E-state index < -0.39 is 5.23 Å². The van der Waals surface area contributed by atoms with E-state index in [1.807, 2.05) is 0 Å². The minimum Gasteiger partial charge on any atom is -0.594 e. The summed E-state index contributed by atoms with van der Waals surface area (Å²) in [6.07, 6.45) is 1.36. The summed E-state index contributed by atoms with van der Waals surface area (Å²) in [5.41, 5.74) is 5.17. The highest BCUT2D eigenvalue weighted by atomic mass is 35.5. The lowest BCUT2D eigenvalue weighted by Crippen LogP contribution is -2.99. The molecule has 1 atom stereocenters. The van der Waals surface area contributed by atoms with Crippen LogP contribution in [0.4, 0.5) is 5.82 Å². The van der Waals surface area contributed by atoms with Crippen molar-refractivity contribution >= 4 is 24.1 Å². The summed E-state index contributed by atoms with van der Waals surface area (Å²) in [6, 6.07) is 0. The fraction of sp³-hybridized carbons (Fsp3) is 0.333. The summed E-state index contributed by atoms with van der Waals surface area (Å²) in [5.74, 6) is 0.476. The summed E-state index contributed by atoms with van der Waals surface area (Å²) in [5, 5.41) is 25.0. The van der Waals surface area contributed by atoms with Gasteiger partial charge in [0.1, 0.15) is 11.7 Å². The van der Waals surface area contributed by atoms with E-state index in [1.165, 1.54) is 10.8 Å². The van der Waals surface area contributed by atoms with E-state index in [9.17, 15) is 5.21 Å². The van der Waals surface area contributed by atoms with Gasteiger partial charge in [0.05, 0.1) is 12.7 Å². The molecule has 8 heteroatoms. The van der Waals surface area contributed by atoms with E-state index in [4.69, 9.17) is 16.4 Å². The van der Waals surface area contributed by atoms with Crippen molar-refractivity contribution in [3.8, 4) is 0 Å². The first-order chi connectivity index (χ1) is 6.00. The van der Waals surface area contributed by atoms with Crippen molar-refractivity contribution in [1.82, 2.24) is 9.55 Å². The van der Waals surface area contributed by atoms with Crippen LogP contribution in [0.2, 0.25) is 0 Å². The van der Waals surface area contributed by atoms with E-state index in [0.29, 0.717) is 5.82 Å². The smallest absolute Gasteiger partial charge is 0.277 e. The first kappa shape index (κ1) is 12.8. The molecule has 0 saturated carbocycles. The van der Waals surface area contributed by atoms with Gasteiger partial charge < -0.3 is 15.5 Å². The molecule has 0 bridgehead atoms. The Morgan fingerprint density at radius 2 is 2.43 bits per heavy atom. The van der Waals surface area contributed by atoms with Crippen LogP contribution in [0.1, 0.15) is 5.82 Å². The Kier molecular flexibility index (Phi) is 4.51. The van der Waals surface area contributed by atoms with Gasteiger partial charge in [-0.3, -0.25) is 5.41 Å². The predicted octanol–water partition coefficient (Wildman–Crippen LogP) is -1.05. The van der Waals surface area contributed by atoms with Crippen LogP contribution in [-0.4, -0.2) is 20.6 Å². The maximum atomic E-state index is 10.5. The number of hydrogen-bond acceptors (Lipinski definition) is 4. The lowest BCUT2D eigenvalue weighted by atomic mass is 10.5. The number of imidazole rings is 1. The molecule has 7 nitrogen and oxygen atoms in total. The predicted molar refractivity (Wildman–Crippen MR) is 51.9 cm³/mol. The molecule has 0 amide bonds. The van der Waals surface area contributed by atoms with Crippen LogP contribution in [0.5, 0.6) is 0 Å².